The number of hydrogen-bond acceptors (Lipinski definition) is 1. The molecule has 0 bridgehead atoms. The Morgan fingerprint density at radius 2 is 0.765 bits per heavy atom. The Morgan fingerprint density at radius 3 is 1.53 bits per heavy atom. The first-order chi connectivity index (χ1) is 25.3. The second-order valence-electron chi connectivity index (χ2n) is 13.0. The van der Waals surface area contributed by atoms with Gasteiger partial charge in [-0.05, 0) is 96.9 Å². The first kappa shape index (κ1) is 30.4. The first-order valence-electron chi connectivity index (χ1n) is 17.5. The van der Waals surface area contributed by atoms with Crippen molar-refractivity contribution in [3.05, 3.63) is 212 Å². The Balaban J connectivity index is 1.13. The summed E-state index contributed by atoms with van der Waals surface area (Å²) in [5, 5.41) is 5.02. The molecule has 9 aromatic carbocycles. The van der Waals surface area contributed by atoms with Crippen molar-refractivity contribution in [1.29, 1.82) is 0 Å². The first-order valence-corrected chi connectivity index (χ1v) is 17.5. The molecule has 0 atom stereocenters. The lowest BCUT2D eigenvalue weighted by molar-refractivity contribution is 1.28. The smallest absolute Gasteiger partial charge is 0.0546 e. The van der Waals surface area contributed by atoms with Crippen LogP contribution in [0.4, 0.5) is 17.1 Å². The van der Waals surface area contributed by atoms with Crippen LogP contribution in [0.5, 0.6) is 0 Å². The van der Waals surface area contributed by atoms with Crippen molar-refractivity contribution in [1.82, 2.24) is 0 Å². The molecule has 0 aliphatic heterocycles. The average molecular weight is 650 g/mol. The normalized spacial score (nSPS) is 11.1. The second-order valence-corrected chi connectivity index (χ2v) is 13.0. The zero-order valence-corrected chi connectivity index (χ0v) is 28.2. The molecular formula is C50H35N. The summed E-state index contributed by atoms with van der Waals surface area (Å²) in [6.07, 6.45) is 0. The van der Waals surface area contributed by atoms with E-state index < -0.39 is 0 Å². The van der Waals surface area contributed by atoms with E-state index in [-0.39, 0.29) is 0 Å². The highest BCUT2D eigenvalue weighted by molar-refractivity contribution is 5.97. The third-order valence-corrected chi connectivity index (χ3v) is 9.86. The molecular weight excluding hydrogens is 615 g/mol. The van der Waals surface area contributed by atoms with E-state index in [2.05, 4.69) is 217 Å². The highest BCUT2D eigenvalue weighted by Gasteiger charge is 2.19. The molecule has 1 heteroatoms. The fourth-order valence-corrected chi connectivity index (χ4v) is 7.25. The summed E-state index contributed by atoms with van der Waals surface area (Å²) in [5.74, 6) is 0. The van der Waals surface area contributed by atoms with Crippen LogP contribution in [0.3, 0.4) is 0 Å². The molecule has 240 valence electrons. The zero-order valence-electron chi connectivity index (χ0n) is 28.2. The number of anilines is 3. The van der Waals surface area contributed by atoms with Crippen LogP contribution in [-0.2, 0) is 0 Å². The molecule has 1 nitrogen and oxygen atoms in total. The van der Waals surface area contributed by atoms with Crippen molar-refractivity contribution in [2.45, 2.75) is 0 Å². The molecule has 9 aromatic rings. The largest absolute Gasteiger partial charge is 0.310 e. The van der Waals surface area contributed by atoms with Gasteiger partial charge in [0.05, 0.1) is 5.69 Å². The van der Waals surface area contributed by atoms with Crippen molar-refractivity contribution in [3.8, 4) is 44.5 Å². The molecule has 9 rings (SSSR count). The van der Waals surface area contributed by atoms with Gasteiger partial charge in [-0.15, -0.1) is 0 Å². The quantitative estimate of drug-likeness (QED) is 0.166. The Bertz CT molecular complexity index is 2600. The van der Waals surface area contributed by atoms with Gasteiger partial charge >= 0.3 is 0 Å². The van der Waals surface area contributed by atoms with Crippen LogP contribution in [0.25, 0.3) is 66.1 Å². The van der Waals surface area contributed by atoms with Gasteiger partial charge in [-0.1, -0.05) is 176 Å². The summed E-state index contributed by atoms with van der Waals surface area (Å²) in [7, 11) is 0. The average Bonchev–Trinajstić information content (AvgIpc) is 3.21. The molecule has 0 heterocycles. The van der Waals surface area contributed by atoms with Crippen LogP contribution in [0.1, 0.15) is 0 Å². The van der Waals surface area contributed by atoms with E-state index in [9.17, 15) is 0 Å². The molecule has 0 amide bonds. The lowest BCUT2D eigenvalue weighted by atomic mass is 9.95. The summed E-state index contributed by atoms with van der Waals surface area (Å²) in [6.45, 7) is 0. The number of hydrogen-bond donors (Lipinski definition) is 0. The van der Waals surface area contributed by atoms with E-state index in [1.54, 1.807) is 0 Å². The van der Waals surface area contributed by atoms with Gasteiger partial charge in [-0.2, -0.15) is 0 Å². The summed E-state index contributed by atoms with van der Waals surface area (Å²) in [4.78, 5) is 2.39. The van der Waals surface area contributed by atoms with Crippen LogP contribution in [0.15, 0.2) is 212 Å². The summed E-state index contributed by atoms with van der Waals surface area (Å²) in [6, 6.07) is 76.6. The monoisotopic (exact) mass is 649 g/mol. The molecule has 0 saturated heterocycles. The number of fused-ring (bicyclic) bond motifs is 2. The van der Waals surface area contributed by atoms with E-state index >= 15 is 0 Å². The van der Waals surface area contributed by atoms with E-state index in [4.69, 9.17) is 0 Å². The SMILES string of the molecule is c1ccc(-c2ccc(-c3ccc4ccccc4c3)cc2N(c2ccccc2)c2ccc(-c3ccc(-c4cccc5ccccc45)cc3)cc2)cc1. The highest BCUT2D eigenvalue weighted by Crippen LogP contribution is 2.43. The predicted octanol–water partition coefficient (Wildman–Crippen LogP) is 14.1. The maximum Gasteiger partial charge on any atom is 0.0546 e. The van der Waals surface area contributed by atoms with Crippen molar-refractivity contribution < 1.29 is 0 Å². The third-order valence-electron chi connectivity index (χ3n) is 9.86. The molecule has 0 aliphatic rings. The van der Waals surface area contributed by atoms with E-state index in [1.165, 1.54) is 66.1 Å². The third kappa shape index (κ3) is 5.96. The molecule has 0 spiro atoms. The van der Waals surface area contributed by atoms with Gasteiger partial charge in [0.1, 0.15) is 0 Å². The number of benzene rings is 9. The summed E-state index contributed by atoms with van der Waals surface area (Å²) in [5.41, 5.74) is 12.9. The minimum absolute atomic E-state index is 1.10. The van der Waals surface area contributed by atoms with Crippen molar-refractivity contribution in [2.24, 2.45) is 0 Å². The van der Waals surface area contributed by atoms with Gasteiger partial charge in [0, 0.05) is 16.9 Å². The molecule has 0 aliphatic carbocycles. The summed E-state index contributed by atoms with van der Waals surface area (Å²) >= 11 is 0. The van der Waals surface area contributed by atoms with Crippen LogP contribution in [-0.4, -0.2) is 0 Å². The molecule has 0 fully saturated rings. The van der Waals surface area contributed by atoms with Gasteiger partial charge in [-0.25, -0.2) is 0 Å². The van der Waals surface area contributed by atoms with Crippen LogP contribution < -0.4 is 4.90 Å². The second kappa shape index (κ2) is 13.3. The van der Waals surface area contributed by atoms with Crippen LogP contribution >= 0.6 is 0 Å². The Hall–Kier alpha value is -6.70. The molecule has 51 heavy (non-hydrogen) atoms. The standard InChI is InChI=1S/C50H35N/c1-3-13-40(14-4-1)49-33-30-44(43-27-24-36-12-7-8-16-42(36)34-43)35-50(49)51(45-18-5-2-6-19-45)46-31-28-38(29-32-46)37-22-25-41(26-23-37)48-21-11-17-39-15-9-10-20-47(39)48/h1-35H. The Morgan fingerprint density at radius 1 is 0.255 bits per heavy atom. The molecule has 0 saturated carbocycles. The fourth-order valence-electron chi connectivity index (χ4n) is 7.25. The molecule has 0 N–H and O–H groups in total. The van der Waals surface area contributed by atoms with E-state index in [0.29, 0.717) is 0 Å². The Kier molecular flexibility index (Phi) is 7.92. The van der Waals surface area contributed by atoms with Gasteiger partial charge in [-0.3, -0.25) is 0 Å². The predicted molar refractivity (Wildman–Crippen MR) is 218 cm³/mol. The zero-order chi connectivity index (χ0) is 34.0. The van der Waals surface area contributed by atoms with E-state index in [0.717, 1.165) is 17.1 Å². The number of rotatable bonds is 7. The Labute approximate surface area is 299 Å². The maximum absolute atomic E-state index is 2.39. The fraction of sp³-hybridized carbons (Fsp3) is 0. The van der Waals surface area contributed by atoms with Gasteiger partial charge in [0.15, 0.2) is 0 Å². The summed E-state index contributed by atoms with van der Waals surface area (Å²) < 4.78 is 0. The highest BCUT2D eigenvalue weighted by atomic mass is 15.1. The van der Waals surface area contributed by atoms with E-state index in [1.807, 2.05) is 0 Å². The van der Waals surface area contributed by atoms with Gasteiger partial charge < -0.3 is 4.90 Å². The van der Waals surface area contributed by atoms with Crippen molar-refractivity contribution in [2.75, 3.05) is 4.90 Å². The lowest BCUT2D eigenvalue weighted by Gasteiger charge is -2.29. The van der Waals surface area contributed by atoms with Crippen LogP contribution in [0, 0.1) is 0 Å². The number of para-hydroxylation sites is 1. The minimum Gasteiger partial charge on any atom is -0.310 e. The minimum atomic E-state index is 1.10. The number of nitrogens with zero attached hydrogens (tertiary/aromatic N) is 1. The van der Waals surface area contributed by atoms with Crippen molar-refractivity contribution in [3.63, 3.8) is 0 Å². The lowest BCUT2D eigenvalue weighted by Crippen LogP contribution is -2.11. The molecule has 0 unspecified atom stereocenters. The van der Waals surface area contributed by atoms with Gasteiger partial charge in [0.25, 0.3) is 0 Å². The molecule has 0 radical (unpaired) electrons. The van der Waals surface area contributed by atoms with Crippen molar-refractivity contribution >= 4 is 38.6 Å². The topological polar surface area (TPSA) is 3.24 Å². The maximum atomic E-state index is 2.39. The molecule has 0 aromatic heterocycles. The van der Waals surface area contributed by atoms with Crippen LogP contribution in [0.2, 0.25) is 0 Å². The van der Waals surface area contributed by atoms with Gasteiger partial charge in [0.2, 0.25) is 0 Å².